The van der Waals surface area contributed by atoms with Gasteiger partial charge in [0.05, 0.1) is 0 Å². The molecule has 3 unspecified atom stereocenters. The Balaban J connectivity index is 3.72. The van der Waals surface area contributed by atoms with Gasteiger partial charge in [-0.05, 0) is 29.6 Å². The Bertz CT molecular complexity index is 226. The van der Waals surface area contributed by atoms with Crippen LogP contribution in [0.25, 0.3) is 0 Å². The Kier molecular flexibility index (Phi) is 13.4. The third-order valence-corrected chi connectivity index (χ3v) is 5.99. The third-order valence-electron chi connectivity index (χ3n) is 5.99. The molecule has 0 saturated heterocycles. The zero-order chi connectivity index (χ0) is 17.0. The summed E-state index contributed by atoms with van der Waals surface area (Å²) in [6.45, 7) is 16.8. The molecule has 0 radical (unpaired) electrons. The lowest BCUT2D eigenvalue weighted by Gasteiger charge is -2.22. The molecule has 0 aromatic heterocycles. The molecule has 0 aliphatic carbocycles. The quantitative estimate of drug-likeness (QED) is 0.304. The van der Waals surface area contributed by atoms with Gasteiger partial charge in [-0.3, -0.25) is 0 Å². The molecule has 0 rings (SSSR count). The van der Waals surface area contributed by atoms with E-state index in [1.165, 1.54) is 64.2 Å². The van der Waals surface area contributed by atoms with E-state index in [0.29, 0.717) is 0 Å². The van der Waals surface area contributed by atoms with Crippen molar-refractivity contribution >= 4 is 0 Å². The van der Waals surface area contributed by atoms with Gasteiger partial charge in [0.15, 0.2) is 0 Å². The second-order valence-electron chi connectivity index (χ2n) is 8.58. The maximum atomic E-state index is 2.48. The predicted octanol–water partition coefficient (Wildman–Crippen LogP) is 8.11. The average molecular weight is 311 g/mol. The molecule has 3 atom stereocenters. The summed E-state index contributed by atoms with van der Waals surface area (Å²) in [5.41, 5.74) is 0. The normalized spacial score (nSPS) is 16.2. The zero-order valence-corrected chi connectivity index (χ0v) is 17.0. The van der Waals surface area contributed by atoms with Crippen LogP contribution in [-0.4, -0.2) is 0 Å². The molecular formula is C22H46. The van der Waals surface area contributed by atoms with E-state index in [2.05, 4.69) is 48.5 Å². The van der Waals surface area contributed by atoms with Gasteiger partial charge in [0.1, 0.15) is 0 Å². The molecule has 0 bridgehead atoms. The maximum absolute atomic E-state index is 2.48. The lowest BCUT2D eigenvalue weighted by atomic mass is 9.84. The van der Waals surface area contributed by atoms with Crippen LogP contribution in [0.2, 0.25) is 0 Å². The van der Waals surface area contributed by atoms with Crippen molar-refractivity contribution in [2.75, 3.05) is 0 Å². The molecule has 0 heterocycles. The van der Waals surface area contributed by atoms with Gasteiger partial charge in [0.25, 0.3) is 0 Å². The van der Waals surface area contributed by atoms with Crippen molar-refractivity contribution in [1.82, 2.24) is 0 Å². The molecule has 0 aliphatic rings. The standard InChI is InChI=1S/C22H46/c1-8-22(9-2)15-11-13-19(5)16-17-21(7)20(6)14-10-12-18(3)4/h18-22H,8-17H2,1-7H3. The summed E-state index contributed by atoms with van der Waals surface area (Å²) >= 11 is 0. The van der Waals surface area contributed by atoms with E-state index in [1.54, 1.807) is 0 Å². The Labute approximate surface area is 142 Å². The van der Waals surface area contributed by atoms with E-state index in [-0.39, 0.29) is 0 Å². The first-order valence-corrected chi connectivity index (χ1v) is 10.4. The highest BCUT2D eigenvalue weighted by atomic mass is 14.2. The van der Waals surface area contributed by atoms with Gasteiger partial charge < -0.3 is 0 Å². The van der Waals surface area contributed by atoms with Crippen LogP contribution in [0.1, 0.15) is 113 Å². The van der Waals surface area contributed by atoms with Gasteiger partial charge in [-0.1, -0.05) is 113 Å². The van der Waals surface area contributed by atoms with Crippen molar-refractivity contribution in [2.45, 2.75) is 113 Å². The molecule has 0 aliphatic heterocycles. The molecule has 0 saturated carbocycles. The van der Waals surface area contributed by atoms with E-state index in [4.69, 9.17) is 0 Å². The van der Waals surface area contributed by atoms with Gasteiger partial charge in [-0.2, -0.15) is 0 Å². The van der Waals surface area contributed by atoms with Gasteiger partial charge in [-0.25, -0.2) is 0 Å². The van der Waals surface area contributed by atoms with Gasteiger partial charge in [0.2, 0.25) is 0 Å². The number of hydrogen-bond acceptors (Lipinski definition) is 0. The highest BCUT2D eigenvalue weighted by molar-refractivity contribution is 4.66. The van der Waals surface area contributed by atoms with Crippen molar-refractivity contribution in [3.8, 4) is 0 Å². The lowest BCUT2D eigenvalue weighted by molar-refractivity contribution is 0.296. The van der Waals surface area contributed by atoms with Crippen LogP contribution in [0.15, 0.2) is 0 Å². The molecule has 0 spiro atoms. The Morgan fingerprint density at radius 1 is 0.545 bits per heavy atom. The highest BCUT2D eigenvalue weighted by Crippen LogP contribution is 2.27. The minimum Gasteiger partial charge on any atom is -0.0651 e. The maximum Gasteiger partial charge on any atom is -0.0417 e. The van der Waals surface area contributed by atoms with E-state index < -0.39 is 0 Å². The fraction of sp³-hybridized carbons (Fsp3) is 1.00. The summed E-state index contributed by atoms with van der Waals surface area (Å²) in [4.78, 5) is 0. The minimum atomic E-state index is 0.873. The lowest BCUT2D eigenvalue weighted by Crippen LogP contribution is -2.10. The van der Waals surface area contributed by atoms with Gasteiger partial charge >= 0.3 is 0 Å². The molecular weight excluding hydrogens is 264 g/mol. The molecule has 0 nitrogen and oxygen atoms in total. The van der Waals surface area contributed by atoms with Gasteiger partial charge in [0, 0.05) is 0 Å². The van der Waals surface area contributed by atoms with E-state index in [0.717, 1.165) is 29.6 Å². The molecule has 0 aromatic carbocycles. The molecule has 0 fully saturated rings. The number of rotatable bonds is 14. The summed E-state index contributed by atoms with van der Waals surface area (Å²) in [7, 11) is 0. The molecule has 0 aromatic rings. The molecule has 134 valence electrons. The Hall–Kier alpha value is 0. The Morgan fingerprint density at radius 2 is 1.09 bits per heavy atom. The summed E-state index contributed by atoms with van der Waals surface area (Å²) in [5, 5.41) is 0. The van der Waals surface area contributed by atoms with Gasteiger partial charge in [-0.15, -0.1) is 0 Å². The second kappa shape index (κ2) is 13.4. The van der Waals surface area contributed by atoms with E-state index in [1.807, 2.05) is 0 Å². The third kappa shape index (κ3) is 11.6. The monoisotopic (exact) mass is 310 g/mol. The van der Waals surface area contributed by atoms with Crippen molar-refractivity contribution in [1.29, 1.82) is 0 Å². The van der Waals surface area contributed by atoms with Crippen LogP contribution in [0.4, 0.5) is 0 Å². The first-order chi connectivity index (χ1) is 10.4. The van der Waals surface area contributed by atoms with E-state index >= 15 is 0 Å². The molecule has 22 heavy (non-hydrogen) atoms. The first kappa shape index (κ1) is 22.0. The van der Waals surface area contributed by atoms with Crippen molar-refractivity contribution in [2.24, 2.45) is 29.6 Å². The van der Waals surface area contributed by atoms with Crippen LogP contribution in [0.5, 0.6) is 0 Å². The van der Waals surface area contributed by atoms with Crippen LogP contribution < -0.4 is 0 Å². The zero-order valence-electron chi connectivity index (χ0n) is 17.0. The van der Waals surface area contributed by atoms with E-state index in [9.17, 15) is 0 Å². The Morgan fingerprint density at radius 3 is 1.64 bits per heavy atom. The first-order valence-electron chi connectivity index (χ1n) is 10.4. The molecule has 0 N–H and O–H groups in total. The van der Waals surface area contributed by atoms with Crippen LogP contribution in [-0.2, 0) is 0 Å². The smallest absolute Gasteiger partial charge is 0.0417 e. The second-order valence-corrected chi connectivity index (χ2v) is 8.58. The topological polar surface area (TPSA) is 0 Å². The predicted molar refractivity (Wildman–Crippen MR) is 103 cm³/mol. The fourth-order valence-corrected chi connectivity index (χ4v) is 3.56. The fourth-order valence-electron chi connectivity index (χ4n) is 3.56. The van der Waals surface area contributed by atoms with Crippen LogP contribution in [0, 0.1) is 29.6 Å². The average Bonchev–Trinajstić information content (AvgIpc) is 2.48. The minimum absolute atomic E-state index is 0.873. The number of hydrogen-bond donors (Lipinski definition) is 0. The van der Waals surface area contributed by atoms with Crippen molar-refractivity contribution in [3.63, 3.8) is 0 Å². The summed E-state index contributed by atoms with van der Waals surface area (Å²) in [5.74, 6) is 4.61. The summed E-state index contributed by atoms with van der Waals surface area (Å²) in [6, 6.07) is 0. The largest absolute Gasteiger partial charge is 0.0651 e. The van der Waals surface area contributed by atoms with Crippen LogP contribution >= 0.6 is 0 Å². The van der Waals surface area contributed by atoms with Crippen LogP contribution in [0.3, 0.4) is 0 Å². The molecule has 0 heteroatoms. The summed E-state index contributed by atoms with van der Waals surface area (Å²) < 4.78 is 0. The highest BCUT2D eigenvalue weighted by Gasteiger charge is 2.14. The van der Waals surface area contributed by atoms with Crippen molar-refractivity contribution < 1.29 is 0 Å². The van der Waals surface area contributed by atoms with Crippen molar-refractivity contribution in [3.05, 3.63) is 0 Å². The summed E-state index contributed by atoms with van der Waals surface area (Å²) in [6.07, 6.45) is 14.2. The SMILES string of the molecule is CCC(CC)CCCC(C)CCC(C)C(C)CCCC(C)C. The molecule has 0 amide bonds.